The van der Waals surface area contributed by atoms with Crippen molar-refractivity contribution in [2.45, 2.75) is 50.6 Å². The van der Waals surface area contributed by atoms with Crippen LogP contribution in [0.15, 0.2) is 47.4 Å². The molecule has 2 aromatic rings. The van der Waals surface area contributed by atoms with Gasteiger partial charge in [-0.2, -0.15) is 0 Å². The number of carbonyl (C=O) groups is 2. The summed E-state index contributed by atoms with van der Waals surface area (Å²) in [7, 11) is -1.64. The number of benzene rings is 2. The number of hydrogen-bond acceptors (Lipinski definition) is 6. The van der Waals surface area contributed by atoms with Crippen molar-refractivity contribution in [2.75, 3.05) is 46.3 Å². The zero-order valence-corrected chi connectivity index (χ0v) is 26.3. The number of nitrogens with zero attached hydrogens (tertiary/aromatic N) is 2. The molecule has 12 heteroatoms. The predicted molar refractivity (Wildman–Crippen MR) is 164 cm³/mol. The van der Waals surface area contributed by atoms with Crippen LogP contribution in [-0.4, -0.2) is 82.4 Å². The average Bonchev–Trinajstić information content (AvgIpc) is 2.91. The highest BCUT2D eigenvalue weighted by Crippen LogP contribution is 2.24. The van der Waals surface area contributed by atoms with E-state index in [-0.39, 0.29) is 34.2 Å². The Hall–Kier alpha value is -2.21. The van der Waals surface area contributed by atoms with Crippen molar-refractivity contribution in [3.8, 4) is 0 Å². The first kappa shape index (κ1) is 33.3. The van der Waals surface area contributed by atoms with E-state index in [1.54, 1.807) is 0 Å². The maximum atomic E-state index is 13.0. The fourth-order valence-electron chi connectivity index (χ4n) is 4.53. The Balaban J connectivity index is 1.43. The molecule has 1 aliphatic rings. The zero-order valence-electron chi connectivity index (χ0n) is 24.0. The Labute approximate surface area is 254 Å². The van der Waals surface area contributed by atoms with Gasteiger partial charge in [0.1, 0.15) is 10.9 Å². The highest BCUT2D eigenvalue weighted by molar-refractivity contribution is 7.89. The first-order valence-electron chi connectivity index (χ1n) is 14.0. The van der Waals surface area contributed by atoms with Crippen LogP contribution in [-0.2, 0) is 21.4 Å². The van der Waals surface area contributed by atoms with E-state index in [0.29, 0.717) is 36.4 Å². The van der Waals surface area contributed by atoms with Gasteiger partial charge >= 0.3 is 0 Å². The Morgan fingerprint density at radius 2 is 1.61 bits per heavy atom. The number of unbranched alkanes of at least 4 members (excludes halogenated alkanes) is 1. The van der Waals surface area contributed by atoms with Gasteiger partial charge in [0.15, 0.2) is 0 Å². The Kier molecular flexibility index (Phi) is 12.9. The summed E-state index contributed by atoms with van der Waals surface area (Å²) in [6.45, 7) is 9.55. The molecular formula is C29H41Cl2N5O4S. The minimum absolute atomic E-state index is 0.0335. The van der Waals surface area contributed by atoms with E-state index in [2.05, 4.69) is 32.2 Å². The Bertz CT molecular complexity index is 1270. The second kappa shape index (κ2) is 15.9. The van der Waals surface area contributed by atoms with Crippen molar-refractivity contribution in [1.82, 2.24) is 25.2 Å². The lowest BCUT2D eigenvalue weighted by molar-refractivity contribution is -0.123. The van der Waals surface area contributed by atoms with E-state index in [9.17, 15) is 18.0 Å². The van der Waals surface area contributed by atoms with Gasteiger partial charge in [-0.1, -0.05) is 49.2 Å². The van der Waals surface area contributed by atoms with Gasteiger partial charge in [-0.05, 0) is 68.1 Å². The summed E-state index contributed by atoms with van der Waals surface area (Å²) in [5, 5.41) is 6.17. The average molecular weight is 627 g/mol. The molecule has 1 saturated heterocycles. The van der Waals surface area contributed by atoms with Crippen LogP contribution in [0.1, 0.15) is 49.0 Å². The molecule has 2 amide bonds. The lowest BCUT2D eigenvalue weighted by Gasteiger charge is -2.32. The standard InChI is InChI=1S/C29H41Cl2N5O4S/c1-21(2)18-26(34-28(37)23-8-6-22(7-9-23)20-36-16-14-35(3)15-17-36)29(38)32-12-4-5-13-33-41(39,40)27-11-10-24(30)19-25(27)31/h6-11,19,21,26,33H,4-5,12-18,20H2,1-3H3,(H,32,38)(H,34,37)/t26-/m0/s1. The molecule has 0 radical (unpaired) electrons. The molecule has 0 aromatic heterocycles. The van der Waals surface area contributed by atoms with Gasteiger partial charge in [-0.15, -0.1) is 0 Å². The molecule has 1 atom stereocenters. The predicted octanol–water partition coefficient (Wildman–Crippen LogP) is 3.76. The molecule has 226 valence electrons. The van der Waals surface area contributed by atoms with Gasteiger partial charge in [0.2, 0.25) is 15.9 Å². The van der Waals surface area contributed by atoms with Crippen LogP contribution >= 0.6 is 23.2 Å². The van der Waals surface area contributed by atoms with E-state index in [0.717, 1.165) is 38.3 Å². The second-order valence-electron chi connectivity index (χ2n) is 10.9. The molecule has 1 fully saturated rings. The fraction of sp³-hybridized carbons (Fsp3) is 0.517. The molecule has 3 N–H and O–H groups in total. The normalized spacial score (nSPS) is 15.6. The van der Waals surface area contributed by atoms with E-state index < -0.39 is 16.1 Å². The van der Waals surface area contributed by atoms with E-state index >= 15 is 0 Å². The smallest absolute Gasteiger partial charge is 0.251 e. The third-order valence-electron chi connectivity index (χ3n) is 6.93. The summed E-state index contributed by atoms with van der Waals surface area (Å²) in [6, 6.07) is 11.1. The third kappa shape index (κ3) is 10.9. The summed E-state index contributed by atoms with van der Waals surface area (Å²) in [5.74, 6) is -0.342. The number of hydrogen-bond donors (Lipinski definition) is 3. The van der Waals surface area contributed by atoms with Crippen LogP contribution in [0.4, 0.5) is 0 Å². The summed E-state index contributed by atoms with van der Waals surface area (Å²) in [5.41, 5.74) is 1.67. The highest BCUT2D eigenvalue weighted by atomic mass is 35.5. The van der Waals surface area contributed by atoms with Crippen LogP contribution in [0.5, 0.6) is 0 Å². The van der Waals surface area contributed by atoms with Crippen LogP contribution < -0.4 is 15.4 Å². The second-order valence-corrected chi connectivity index (χ2v) is 13.5. The summed E-state index contributed by atoms with van der Waals surface area (Å²) >= 11 is 11.9. The SMILES string of the molecule is CC(C)C[C@H](NC(=O)c1ccc(CN2CCN(C)CC2)cc1)C(=O)NCCCCNS(=O)(=O)c1ccc(Cl)cc1Cl. The molecule has 1 heterocycles. The lowest BCUT2D eigenvalue weighted by atomic mass is 10.0. The number of piperazine rings is 1. The van der Waals surface area contributed by atoms with Gasteiger partial charge < -0.3 is 15.5 Å². The van der Waals surface area contributed by atoms with Crippen molar-refractivity contribution in [3.63, 3.8) is 0 Å². The summed E-state index contributed by atoms with van der Waals surface area (Å²) in [4.78, 5) is 30.6. The van der Waals surface area contributed by atoms with Crippen LogP contribution in [0.2, 0.25) is 10.0 Å². The van der Waals surface area contributed by atoms with Crippen molar-refractivity contribution in [1.29, 1.82) is 0 Å². The van der Waals surface area contributed by atoms with Gasteiger partial charge in [0, 0.05) is 56.4 Å². The number of carbonyl (C=O) groups excluding carboxylic acids is 2. The first-order chi connectivity index (χ1) is 19.4. The molecule has 0 saturated carbocycles. The van der Waals surface area contributed by atoms with Crippen LogP contribution in [0, 0.1) is 5.92 Å². The van der Waals surface area contributed by atoms with E-state index in [1.807, 2.05) is 38.1 Å². The molecular weight excluding hydrogens is 585 g/mol. The molecule has 0 aliphatic carbocycles. The van der Waals surface area contributed by atoms with Crippen molar-refractivity contribution in [2.24, 2.45) is 5.92 Å². The van der Waals surface area contributed by atoms with Crippen molar-refractivity contribution >= 4 is 45.0 Å². The third-order valence-corrected chi connectivity index (χ3v) is 9.10. The summed E-state index contributed by atoms with van der Waals surface area (Å²) < 4.78 is 27.5. The minimum Gasteiger partial charge on any atom is -0.354 e. The molecule has 1 aliphatic heterocycles. The highest BCUT2D eigenvalue weighted by Gasteiger charge is 2.23. The first-order valence-corrected chi connectivity index (χ1v) is 16.2. The number of sulfonamides is 1. The van der Waals surface area contributed by atoms with Gasteiger partial charge in [0.25, 0.3) is 5.91 Å². The lowest BCUT2D eigenvalue weighted by Crippen LogP contribution is -2.47. The number of amides is 2. The van der Waals surface area contributed by atoms with Crippen LogP contribution in [0.25, 0.3) is 0 Å². The van der Waals surface area contributed by atoms with E-state index in [4.69, 9.17) is 23.2 Å². The van der Waals surface area contributed by atoms with Gasteiger partial charge in [-0.3, -0.25) is 14.5 Å². The number of likely N-dealkylation sites (N-methyl/N-ethyl adjacent to an activating group) is 1. The van der Waals surface area contributed by atoms with Gasteiger partial charge in [-0.25, -0.2) is 13.1 Å². The molecule has 0 unspecified atom stereocenters. The molecule has 0 bridgehead atoms. The number of rotatable bonds is 14. The maximum Gasteiger partial charge on any atom is 0.251 e. The monoisotopic (exact) mass is 625 g/mol. The molecule has 3 rings (SSSR count). The van der Waals surface area contributed by atoms with Crippen LogP contribution in [0.3, 0.4) is 0 Å². The van der Waals surface area contributed by atoms with Crippen molar-refractivity contribution < 1.29 is 18.0 Å². The fourth-order valence-corrected chi connectivity index (χ4v) is 6.38. The molecule has 0 spiro atoms. The largest absolute Gasteiger partial charge is 0.354 e. The van der Waals surface area contributed by atoms with Gasteiger partial charge in [0.05, 0.1) is 5.02 Å². The minimum atomic E-state index is -3.77. The molecule has 41 heavy (non-hydrogen) atoms. The van der Waals surface area contributed by atoms with Crippen molar-refractivity contribution in [3.05, 3.63) is 63.6 Å². The summed E-state index contributed by atoms with van der Waals surface area (Å²) in [6.07, 6.45) is 1.56. The maximum absolute atomic E-state index is 13.0. The number of nitrogens with one attached hydrogen (secondary N) is 3. The topological polar surface area (TPSA) is 111 Å². The van der Waals surface area contributed by atoms with E-state index in [1.165, 1.54) is 18.2 Å². The molecule has 9 nitrogen and oxygen atoms in total. The zero-order chi connectivity index (χ0) is 30.0. The quantitative estimate of drug-likeness (QED) is 0.276. The molecule has 2 aromatic carbocycles. The number of halogens is 2. The Morgan fingerprint density at radius 1 is 0.951 bits per heavy atom. The Morgan fingerprint density at radius 3 is 2.24 bits per heavy atom.